The minimum absolute atomic E-state index is 0.0310. The van der Waals surface area contributed by atoms with E-state index in [0.717, 1.165) is 73.7 Å². The minimum Gasteiger partial charge on any atom is -0.342 e. The Labute approximate surface area is 170 Å². The number of likely N-dealkylation sites (tertiary alicyclic amines) is 1. The molecule has 1 N–H and O–H groups in total. The van der Waals surface area contributed by atoms with Crippen molar-refractivity contribution in [1.29, 1.82) is 0 Å². The average molecular weight is 401 g/mol. The molecule has 0 saturated carbocycles. The molecule has 28 heavy (non-hydrogen) atoms. The van der Waals surface area contributed by atoms with Gasteiger partial charge in [-0.05, 0) is 44.5 Å². The molecule has 0 unspecified atom stereocenters. The highest BCUT2D eigenvalue weighted by Crippen LogP contribution is 2.28. The Balaban J connectivity index is 1.35. The topological polar surface area (TPSA) is 78.0 Å². The molecule has 2 fully saturated rings. The van der Waals surface area contributed by atoms with Gasteiger partial charge in [-0.3, -0.25) is 14.7 Å². The fourth-order valence-corrected chi connectivity index (χ4v) is 4.54. The van der Waals surface area contributed by atoms with Gasteiger partial charge in [0.25, 0.3) is 5.56 Å². The van der Waals surface area contributed by atoms with E-state index in [1.807, 2.05) is 12.4 Å². The molecular formula is C20H28N6OS. The van der Waals surface area contributed by atoms with Crippen LogP contribution in [-0.2, 0) is 6.54 Å². The van der Waals surface area contributed by atoms with E-state index < -0.39 is 0 Å². The van der Waals surface area contributed by atoms with Crippen molar-refractivity contribution >= 4 is 17.7 Å². The summed E-state index contributed by atoms with van der Waals surface area (Å²) < 4.78 is 0. The van der Waals surface area contributed by atoms with Crippen molar-refractivity contribution in [2.45, 2.75) is 50.2 Å². The SMILES string of the molecule is CCSc1ncc(CN2CCC(c3cc(=O)[nH]c(N4CCCC4)n3)CC2)cn1. The monoisotopic (exact) mass is 400 g/mol. The first-order valence-corrected chi connectivity index (χ1v) is 11.2. The summed E-state index contributed by atoms with van der Waals surface area (Å²) in [5.41, 5.74) is 2.08. The van der Waals surface area contributed by atoms with Gasteiger partial charge in [0.1, 0.15) is 0 Å². The van der Waals surface area contributed by atoms with Crippen LogP contribution in [-0.4, -0.2) is 56.8 Å². The van der Waals surface area contributed by atoms with Crippen LogP contribution in [0.5, 0.6) is 0 Å². The van der Waals surface area contributed by atoms with Gasteiger partial charge in [-0.2, -0.15) is 0 Å². The Kier molecular flexibility index (Phi) is 6.26. The van der Waals surface area contributed by atoms with E-state index in [1.165, 1.54) is 12.8 Å². The average Bonchev–Trinajstić information content (AvgIpc) is 3.25. The summed E-state index contributed by atoms with van der Waals surface area (Å²) >= 11 is 1.66. The lowest BCUT2D eigenvalue weighted by molar-refractivity contribution is 0.202. The van der Waals surface area contributed by atoms with Crippen molar-refractivity contribution < 1.29 is 0 Å². The van der Waals surface area contributed by atoms with Crippen LogP contribution < -0.4 is 10.5 Å². The van der Waals surface area contributed by atoms with Crippen molar-refractivity contribution in [2.75, 3.05) is 36.8 Å². The molecule has 4 rings (SSSR count). The zero-order chi connectivity index (χ0) is 19.3. The largest absolute Gasteiger partial charge is 0.342 e. The number of nitrogens with one attached hydrogen (secondary N) is 1. The highest BCUT2D eigenvalue weighted by molar-refractivity contribution is 7.99. The second-order valence-electron chi connectivity index (χ2n) is 7.55. The fraction of sp³-hybridized carbons (Fsp3) is 0.600. The molecule has 4 heterocycles. The third-order valence-corrected chi connectivity index (χ3v) is 6.28. The second-order valence-corrected chi connectivity index (χ2v) is 8.78. The van der Waals surface area contributed by atoms with Gasteiger partial charge in [-0.15, -0.1) is 0 Å². The van der Waals surface area contributed by atoms with Gasteiger partial charge in [-0.25, -0.2) is 15.0 Å². The molecule has 0 spiro atoms. The molecule has 150 valence electrons. The van der Waals surface area contributed by atoms with Gasteiger partial charge in [-0.1, -0.05) is 18.7 Å². The fourth-order valence-electron chi connectivity index (χ4n) is 4.02. The molecule has 2 aromatic rings. The lowest BCUT2D eigenvalue weighted by Crippen LogP contribution is -2.33. The van der Waals surface area contributed by atoms with Crippen LogP contribution in [0.1, 0.15) is 49.8 Å². The summed E-state index contributed by atoms with van der Waals surface area (Å²) in [6.07, 6.45) is 8.29. The minimum atomic E-state index is -0.0310. The molecule has 2 aromatic heterocycles. The molecule has 7 nitrogen and oxygen atoms in total. The molecule has 0 aromatic carbocycles. The Morgan fingerprint density at radius 3 is 2.54 bits per heavy atom. The number of hydrogen-bond acceptors (Lipinski definition) is 7. The molecule has 0 bridgehead atoms. The maximum Gasteiger partial charge on any atom is 0.252 e. The number of H-pyrrole nitrogens is 1. The Morgan fingerprint density at radius 2 is 1.86 bits per heavy atom. The van der Waals surface area contributed by atoms with E-state index >= 15 is 0 Å². The normalized spacial score (nSPS) is 18.7. The van der Waals surface area contributed by atoms with Gasteiger partial charge in [0.15, 0.2) is 5.16 Å². The summed E-state index contributed by atoms with van der Waals surface area (Å²) in [5, 5.41) is 0.846. The number of nitrogens with zero attached hydrogens (tertiary/aromatic N) is 5. The molecule has 2 saturated heterocycles. The maximum absolute atomic E-state index is 12.1. The number of aromatic amines is 1. The van der Waals surface area contributed by atoms with E-state index in [9.17, 15) is 4.79 Å². The van der Waals surface area contributed by atoms with E-state index in [1.54, 1.807) is 17.8 Å². The third kappa shape index (κ3) is 4.72. The van der Waals surface area contributed by atoms with Crippen LogP contribution in [0, 0.1) is 0 Å². The van der Waals surface area contributed by atoms with Crippen LogP contribution in [0.4, 0.5) is 5.95 Å². The Hall–Kier alpha value is -1.93. The van der Waals surface area contributed by atoms with Crippen LogP contribution >= 0.6 is 11.8 Å². The standard InChI is InChI=1S/C20H28N6OS/c1-2-28-20-21-12-15(13-22-20)14-25-9-5-16(6-10-25)17-11-18(27)24-19(23-17)26-7-3-4-8-26/h11-13,16H,2-10,14H2,1H3,(H,23,24,27). The van der Waals surface area contributed by atoms with E-state index in [-0.39, 0.29) is 5.56 Å². The Bertz CT molecular complexity index is 825. The molecule has 0 radical (unpaired) electrons. The van der Waals surface area contributed by atoms with Crippen LogP contribution in [0.15, 0.2) is 28.4 Å². The summed E-state index contributed by atoms with van der Waals surface area (Å²) in [4.78, 5) is 33.4. The molecule has 2 aliphatic rings. The quantitative estimate of drug-likeness (QED) is 0.590. The summed E-state index contributed by atoms with van der Waals surface area (Å²) in [6, 6.07) is 1.69. The van der Waals surface area contributed by atoms with Crippen molar-refractivity contribution in [3.05, 3.63) is 40.1 Å². The van der Waals surface area contributed by atoms with Crippen molar-refractivity contribution in [1.82, 2.24) is 24.8 Å². The predicted molar refractivity (Wildman–Crippen MR) is 112 cm³/mol. The van der Waals surface area contributed by atoms with E-state index in [2.05, 4.69) is 31.7 Å². The van der Waals surface area contributed by atoms with Crippen molar-refractivity contribution in [2.24, 2.45) is 0 Å². The first-order chi connectivity index (χ1) is 13.7. The lowest BCUT2D eigenvalue weighted by Gasteiger charge is -2.31. The number of rotatable bonds is 6. The zero-order valence-electron chi connectivity index (χ0n) is 16.4. The smallest absolute Gasteiger partial charge is 0.252 e. The first kappa shape index (κ1) is 19.4. The Morgan fingerprint density at radius 1 is 1.14 bits per heavy atom. The zero-order valence-corrected chi connectivity index (χ0v) is 17.2. The summed E-state index contributed by atoms with van der Waals surface area (Å²) in [7, 11) is 0. The van der Waals surface area contributed by atoms with Crippen LogP contribution in [0.25, 0.3) is 0 Å². The van der Waals surface area contributed by atoms with Gasteiger partial charge in [0.05, 0.1) is 5.69 Å². The van der Waals surface area contributed by atoms with Crippen LogP contribution in [0.2, 0.25) is 0 Å². The number of piperidine rings is 1. The maximum atomic E-state index is 12.1. The van der Waals surface area contributed by atoms with E-state index in [4.69, 9.17) is 4.98 Å². The molecule has 0 amide bonds. The highest BCUT2D eigenvalue weighted by Gasteiger charge is 2.24. The molecule has 8 heteroatoms. The van der Waals surface area contributed by atoms with Gasteiger partial charge < -0.3 is 4.90 Å². The van der Waals surface area contributed by atoms with Crippen molar-refractivity contribution in [3.8, 4) is 0 Å². The first-order valence-electron chi connectivity index (χ1n) is 10.2. The molecule has 0 aliphatic carbocycles. The highest BCUT2D eigenvalue weighted by atomic mass is 32.2. The van der Waals surface area contributed by atoms with Gasteiger partial charge >= 0.3 is 0 Å². The van der Waals surface area contributed by atoms with Gasteiger partial charge in [0, 0.05) is 49.6 Å². The molecular weight excluding hydrogens is 372 g/mol. The molecule has 0 atom stereocenters. The second kappa shape index (κ2) is 9.05. The van der Waals surface area contributed by atoms with E-state index in [0.29, 0.717) is 5.92 Å². The number of anilines is 1. The van der Waals surface area contributed by atoms with Crippen molar-refractivity contribution in [3.63, 3.8) is 0 Å². The summed E-state index contributed by atoms with van der Waals surface area (Å²) in [6.45, 7) is 6.97. The lowest BCUT2D eigenvalue weighted by atomic mass is 9.93. The van der Waals surface area contributed by atoms with Gasteiger partial charge in [0.2, 0.25) is 5.95 Å². The number of aromatic nitrogens is 4. The number of thioether (sulfide) groups is 1. The van der Waals surface area contributed by atoms with Crippen LogP contribution in [0.3, 0.4) is 0 Å². The number of hydrogen-bond donors (Lipinski definition) is 1. The third-order valence-electron chi connectivity index (χ3n) is 5.52. The predicted octanol–water partition coefficient (Wildman–Crippen LogP) is 2.65. The summed E-state index contributed by atoms with van der Waals surface area (Å²) in [5.74, 6) is 2.10. The molecule has 2 aliphatic heterocycles.